The second kappa shape index (κ2) is 7.38. The molecular formula is C22H27FO. The van der Waals surface area contributed by atoms with Gasteiger partial charge >= 0.3 is 0 Å². The van der Waals surface area contributed by atoms with Crippen molar-refractivity contribution in [1.82, 2.24) is 0 Å². The molecule has 0 aromatic heterocycles. The molecule has 0 N–H and O–H groups in total. The fraction of sp³-hybridized carbons (Fsp3) is 0.455. The molecule has 3 rings (SSSR count). The Bertz CT molecular complexity index is 667. The van der Waals surface area contributed by atoms with Gasteiger partial charge in [-0.15, -0.1) is 0 Å². The summed E-state index contributed by atoms with van der Waals surface area (Å²) in [5.41, 5.74) is 3.37. The average molecular weight is 326 g/mol. The summed E-state index contributed by atoms with van der Waals surface area (Å²) in [4.78, 5) is 0. The topological polar surface area (TPSA) is 9.23 Å². The predicted octanol–water partition coefficient (Wildman–Crippen LogP) is 6.57. The number of hydrogen-bond donors (Lipinski definition) is 0. The van der Waals surface area contributed by atoms with Crippen LogP contribution in [0.1, 0.15) is 57.9 Å². The van der Waals surface area contributed by atoms with Crippen molar-refractivity contribution in [1.29, 1.82) is 0 Å². The maximum atomic E-state index is 14.2. The molecular weight excluding hydrogens is 299 g/mol. The van der Waals surface area contributed by atoms with Gasteiger partial charge in [-0.05, 0) is 67.3 Å². The van der Waals surface area contributed by atoms with E-state index in [0.29, 0.717) is 11.7 Å². The molecule has 0 atom stereocenters. The lowest BCUT2D eigenvalue weighted by Gasteiger charge is -2.26. The van der Waals surface area contributed by atoms with Crippen molar-refractivity contribution in [3.05, 3.63) is 53.8 Å². The second-order valence-corrected chi connectivity index (χ2v) is 7.39. The third-order valence-corrected chi connectivity index (χ3v) is 5.03. The van der Waals surface area contributed by atoms with Gasteiger partial charge in [-0.1, -0.05) is 50.1 Å². The van der Waals surface area contributed by atoms with Gasteiger partial charge in [0.25, 0.3) is 0 Å². The summed E-state index contributed by atoms with van der Waals surface area (Å²) in [6.45, 7) is 6.15. The molecule has 0 unspecified atom stereocenters. The third-order valence-electron chi connectivity index (χ3n) is 5.03. The molecule has 24 heavy (non-hydrogen) atoms. The molecule has 1 aliphatic rings. The minimum absolute atomic E-state index is 0.0251. The molecule has 0 bridgehead atoms. The molecule has 1 nitrogen and oxygen atoms in total. The first-order valence-corrected chi connectivity index (χ1v) is 9.09. The van der Waals surface area contributed by atoms with Crippen LogP contribution in [-0.4, -0.2) is 6.10 Å². The van der Waals surface area contributed by atoms with E-state index < -0.39 is 0 Å². The first-order chi connectivity index (χ1) is 11.5. The number of rotatable bonds is 4. The van der Waals surface area contributed by atoms with Gasteiger partial charge in [-0.3, -0.25) is 0 Å². The molecule has 0 aliphatic heterocycles. The summed E-state index contributed by atoms with van der Waals surface area (Å²) in [6, 6.07) is 13.9. The lowest BCUT2D eigenvalue weighted by molar-refractivity contribution is 0.231. The summed E-state index contributed by atoms with van der Waals surface area (Å²) >= 11 is 0. The first-order valence-electron chi connectivity index (χ1n) is 9.09. The highest BCUT2D eigenvalue weighted by atomic mass is 19.1. The van der Waals surface area contributed by atoms with Crippen molar-refractivity contribution in [2.75, 3.05) is 0 Å². The fourth-order valence-corrected chi connectivity index (χ4v) is 3.57. The van der Waals surface area contributed by atoms with Crippen LogP contribution >= 0.6 is 0 Å². The summed E-state index contributed by atoms with van der Waals surface area (Å²) in [6.07, 6.45) is 5.21. The zero-order chi connectivity index (χ0) is 17.1. The smallest absolute Gasteiger partial charge is 0.165 e. The molecule has 128 valence electrons. The molecule has 0 heterocycles. The van der Waals surface area contributed by atoms with E-state index in [4.69, 9.17) is 4.74 Å². The monoisotopic (exact) mass is 326 g/mol. The number of ether oxygens (including phenoxy) is 1. The highest BCUT2D eigenvalue weighted by Crippen LogP contribution is 2.36. The Hall–Kier alpha value is -1.83. The second-order valence-electron chi connectivity index (χ2n) is 7.39. The van der Waals surface area contributed by atoms with E-state index in [0.717, 1.165) is 17.0 Å². The Kier molecular flexibility index (Phi) is 5.23. The van der Waals surface area contributed by atoms with Crippen molar-refractivity contribution in [2.24, 2.45) is 5.92 Å². The zero-order valence-corrected chi connectivity index (χ0v) is 14.9. The van der Waals surface area contributed by atoms with Gasteiger partial charge < -0.3 is 4.74 Å². The van der Waals surface area contributed by atoms with Crippen LogP contribution in [0.15, 0.2) is 42.5 Å². The average Bonchev–Trinajstić information content (AvgIpc) is 2.57. The Balaban J connectivity index is 1.74. The van der Waals surface area contributed by atoms with E-state index in [-0.39, 0.29) is 11.9 Å². The van der Waals surface area contributed by atoms with Gasteiger partial charge in [0.05, 0.1) is 6.10 Å². The lowest BCUT2D eigenvalue weighted by atomic mass is 9.79. The van der Waals surface area contributed by atoms with E-state index in [9.17, 15) is 4.39 Å². The minimum Gasteiger partial charge on any atom is -0.488 e. The highest BCUT2D eigenvalue weighted by Gasteiger charge is 2.19. The maximum absolute atomic E-state index is 14.2. The van der Waals surface area contributed by atoms with E-state index in [1.165, 1.54) is 31.2 Å². The molecule has 1 saturated carbocycles. The molecule has 1 fully saturated rings. The molecule has 1 aliphatic carbocycles. The van der Waals surface area contributed by atoms with Crippen LogP contribution in [0.3, 0.4) is 0 Å². The van der Waals surface area contributed by atoms with Gasteiger partial charge in [0.1, 0.15) is 0 Å². The van der Waals surface area contributed by atoms with E-state index in [1.807, 2.05) is 19.9 Å². The third kappa shape index (κ3) is 3.98. The van der Waals surface area contributed by atoms with Crippen molar-refractivity contribution in [3.63, 3.8) is 0 Å². The predicted molar refractivity (Wildman–Crippen MR) is 98.0 cm³/mol. The van der Waals surface area contributed by atoms with Crippen LogP contribution in [-0.2, 0) is 0 Å². The van der Waals surface area contributed by atoms with Crippen LogP contribution in [0.25, 0.3) is 11.1 Å². The number of hydrogen-bond acceptors (Lipinski definition) is 1. The van der Waals surface area contributed by atoms with Crippen LogP contribution in [0, 0.1) is 11.7 Å². The maximum Gasteiger partial charge on any atom is 0.165 e. The Labute approximate surface area is 144 Å². The van der Waals surface area contributed by atoms with Crippen LogP contribution in [0.5, 0.6) is 5.75 Å². The number of benzene rings is 2. The Morgan fingerprint density at radius 1 is 0.917 bits per heavy atom. The van der Waals surface area contributed by atoms with Crippen LogP contribution in [0.2, 0.25) is 0 Å². The van der Waals surface area contributed by atoms with Crippen LogP contribution in [0.4, 0.5) is 4.39 Å². The van der Waals surface area contributed by atoms with E-state index in [1.54, 1.807) is 12.1 Å². The molecule has 0 radical (unpaired) electrons. The molecule has 2 aromatic carbocycles. The van der Waals surface area contributed by atoms with Crippen molar-refractivity contribution in [3.8, 4) is 16.9 Å². The van der Waals surface area contributed by atoms with Crippen LogP contribution < -0.4 is 4.74 Å². The SMILES string of the molecule is CC1CCC(c2ccc(-c3ccc(OC(C)C)c(F)c3)cc2)CC1. The minimum atomic E-state index is -0.299. The van der Waals surface area contributed by atoms with Crippen molar-refractivity contribution < 1.29 is 9.13 Å². The van der Waals surface area contributed by atoms with Gasteiger partial charge in [0.2, 0.25) is 0 Å². The highest BCUT2D eigenvalue weighted by molar-refractivity contribution is 5.64. The number of halogens is 1. The van der Waals surface area contributed by atoms with Gasteiger partial charge in [0.15, 0.2) is 11.6 Å². The molecule has 0 saturated heterocycles. The molecule has 0 amide bonds. The largest absolute Gasteiger partial charge is 0.488 e. The summed E-state index contributed by atoms with van der Waals surface area (Å²) in [5, 5.41) is 0. The summed E-state index contributed by atoms with van der Waals surface area (Å²) in [7, 11) is 0. The van der Waals surface area contributed by atoms with Gasteiger partial charge in [0, 0.05) is 0 Å². The van der Waals surface area contributed by atoms with Crippen molar-refractivity contribution in [2.45, 2.75) is 58.5 Å². The fourth-order valence-electron chi connectivity index (χ4n) is 3.57. The Morgan fingerprint density at radius 2 is 1.54 bits per heavy atom. The summed E-state index contributed by atoms with van der Waals surface area (Å²) in [5.74, 6) is 1.58. The van der Waals surface area contributed by atoms with Gasteiger partial charge in [-0.25, -0.2) is 4.39 Å². The lowest BCUT2D eigenvalue weighted by Crippen LogP contribution is -2.10. The molecule has 2 heteroatoms. The zero-order valence-electron chi connectivity index (χ0n) is 14.9. The van der Waals surface area contributed by atoms with E-state index >= 15 is 0 Å². The van der Waals surface area contributed by atoms with E-state index in [2.05, 4.69) is 31.2 Å². The summed E-state index contributed by atoms with van der Waals surface area (Å²) < 4.78 is 19.6. The van der Waals surface area contributed by atoms with Gasteiger partial charge in [-0.2, -0.15) is 0 Å². The normalized spacial score (nSPS) is 21.0. The molecule has 2 aromatic rings. The standard InChI is InChI=1S/C22H27FO/c1-15(2)24-22-13-12-20(14-21(22)23)19-10-8-18(9-11-19)17-6-4-16(3)5-7-17/h8-17H,4-7H2,1-3H3. The molecule has 0 spiro atoms. The Morgan fingerprint density at radius 3 is 2.12 bits per heavy atom. The van der Waals surface area contributed by atoms with Crippen molar-refractivity contribution >= 4 is 0 Å². The quantitative estimate of drug-likeness (QED) is 0.617. The first kappa shape index (κ1) is 17.0.